The minimum atomic E-state index is -0.346. The predicted molar refractivity (Wildman–Crippen MR) is 97.9 cm³/mol. The number of nitrogens with zero attached hydrogens (tertiary/aromatic N) is 2. The molecule has 1 amide bonds. The molecule has 24 heavy (non-hydrogen) atoms. The summed E-state index contributed by atoms with van der Waals surface area (Å²) in [5, 5.41) is 3.67. The van der Waals surface area contributed by atoms with E-state index in [0.29, 0.717) is 11.6 Å². The van der Waals surface area contributed by atoms with Crippen LogP contribution in [-0.4, -0.2) is 56.2 Å². The molecule has 2 aliphatic heterocycles. The van der Waals surface area contributed by atoms with E-state index < -0.39 is 0 Å². The van der Waals surface area contributed by atoms with E-state index in [2.05, 4.69) is 21.7 Å². The Morgan fingerprint density at radius 1 is 1.38 bits per heavy atom. The molecular formula is C18H24ClN3O2. The molecule has 0 aliphatic carbocycles. The molecule has 0 bridgehead atoms. The number of hydrogen-bond donors (Lipinski definition) is 1. The normalized spacial score (nSPS) is 21.7. The second-order valence-corrected chi connectivity index (χ2v) is 6.61. The molecule has 2 aliphatic rings. The molecule has 0 spiro atoms. The van der Waals surface area contributed by atoms with E-state index in [1.807, 2.05) is 24.3 Å². The Balaban J connectivity index is 1.73. The van der Waals surface area contributed by atoms with Crippen LogP contribution in [0.25, 0.3) is 0 Å². The monoisotopic (exact) mass is 349 g/mol. The van der Waals surface area contributed by atoms with Crippen LogP contribution in [0.1, 0.15) is 12.8 Å². The van der Waals surface area contributed by atoms with E-state index >= 15 is 0 Å². The zero-order chi connectivity index (χ0) is 16.9. The topological polar surface area (TPSA) is 44.8 Å². The van der Waals surface area contributed by atoms with Crippen LogP contribution in [0.3, 0.4) is 0 Å². The van der Waals surface area contributed by atoms with Gasteiger partial charge in [-0.3, -0.25) is 9.69 Å². The lowest BCUT2D eigenvalue weighted by Crippen LogP contribution is -2.46. The number of amides is 1. The van der Waals surface area contributed by atoms with Gasteiger partial charge in [0.15, 0.2) is 0 Å². The summed E-state index contributed by atoms with van der Waals surface area (Å²) < 4.78 is 5.47. The average molecular weight is 350 g/mol. The zero-order valence-electron chi connectivity index (χ0n) is 13.8. The van der Waals surface area contributed by atoms with Crippen LogP contribution >= 0.6 is 11.6 Å². The van der Waals surface area contributed by atoms with Crippen LogP contribution in [0.4, 0.5) is 11.4 Å². The van der Waals surface area contributed by atoms with Crippen LogP contribution in [0.15, 0.2) is 30.9 Å². The molecule has 2 saturated heterocycles. The maximum absolute atomic E-state index is 12.4. The van der Waals surface area contributed by atoms with E-state index in [1.165, 1.54) is 0 Å². The lowest BCUT2D eigenvalue weighted by molar-refractivity contribution is -0.124. The number of para-hydroxylation sites is 1. The van der Waals surface area contributed by atoms with E-state index in [9.17, 15) is 4.79 Å². The molecule has 3 rings (SSSR count). The van der Waals surface area contributed by atoms with Crippen molar-refractivity contribution in [2.75, 3.05) is 49.5 Å². The summed E-state index contributed by atoms with van der Waals surface area (Å²) in [5.41, 5.74) is 1.67. The molecule has 1 atom stereocenters. The van der Waals surface area contributed by atoms with Crippen molar-refractivity contribution in [3.8, 4) is 0 Å². The Kier molecular flexibility index (Phi) is 5.76. The number of carbonyl (C=O) groups excluding carboxylic acids is 1. The van der Waals surface area contributed by atoms with Gasteiger partial charge in [0.25, 0.3) is 5.91 Å². The second kappa shape index (κ2) is 8.01. The highest BCUT2D eigenvalue weighted by Crippen LogP contribution is 2.35. The van der Waals surface area contributed by atoms with Crippen molar-refractivity contribution in [1.82, 2.24) is 4.90 Å². The van der Waals surface area contributed by atoms with E-state index in [-0.39, 0.29) is 12.0 Å². The average Bonchev–Trinajstić information content (AvgIpc) is 3.11. The zero-order valence-corrected chi connectivity index (χ0v) is 14.6. The highest BCUT2D eigenvalue weighted by Gasteiger charge is 2.26. The summed E-state index contributed by atoms with van der Waals surface area (Å²) in [6, 6.07) is 5.64. The Hall–Kier alpha value is -1.56. The third-order valence-electron chi connectivity index (χ3n) is 4.54. The first-order chi connectivity index (χ1) is 11.7. The van der Waals surface area contributed by atoms with Crippen LogP contribution in [0.5, 0.6) is 0 Å². The first-order valence-corrected chi connectivity index (χ1v) is 8.86. The van der Waals surface area contributed by atoms with Crippen LogP contribution in [0.2, 0.25) is 5.02 Å². The summed E-state index contributed by atoms with van der Waals surface area (Å²) in [4.78, 5) is 17.0. The van der Waals surface area contributed by atoms with Crippen molar-refractivity contribution in [2.45, 2.75) is 18.9 Å². The minimum Gasteiger partial charge on any atom is -0.368 e. The molecule has 0 radical (unpaired) electrons. The number of anilines is 2. The summed E-state index contributed by atoms with van der Waals surface area (Å²) in [7, 11) is 0. The van der Waals surface area contributed by atoms with Gasteiger partial charge in [-0.1, -0.05) is 23.7 Å². The maximum Gasteiger partial charge on any atom is 0.253 e. The molecule has 130 valence electrons. The molecule has 2 heterocycles. The largest absolute Gasteiger partial charge is 0.368 e. The van der Waals surface area contributed by atoms with Crippen molar-refractivity contribution >= 4 is 28.9 Å². The molecule has 5 nitrogen and oxygen atoms in total. The van der Waals surface area contributed by atoms with Gasteiger partial charge in [0.05, 0.1) is 16.4 Å². The number of halogens is 1. The Morgan fingerprint density at radius 2 is 2.17 bits per heavy atom. The number of nitrogens with one attached hydrogen (secondary N) is 1. The third kappa shape index (κ3) is 3.91. The maximum atomic E-state index is 12.4. The Bertz CT molecular complexity index is 594. The van der Waals surface area contributed by atoms with Crippen LogP contribution in [0, 0.1) is 0 Å². The second-order valence-electron chi connectivity index (χ2n) is 6.20. The first-order valence-electron chi connectivity index (χ1n) is 8.48. The van der Waals surface area contributed by atoms with Crippen molar-refractivity contribution in [3.05, 3.63) is 35.9 Å². The number of hydrogen-bond acceptors (Lipinski definition) is 4. The van der Waals surface area contributed by atoms with Crippen molar-refractivity contribution in [1.29, 1.82) is 0 Å². The fraction of sp³-hybridized carbons (Fsp3) is 0.500. The number of ether oxygens (including phenoxy) is 1. The molecule has 2 fully saturated rings. The Labute approximate surface area is 148 Å². The predicted octanol–water partition coefficient (Wildman–Crippen LogP) is 2.77. The highest BCUT2D eigenvalue weighted by atomic mass is 35.5. The van der Waals surface area contributed by atoms with Gasteiger partial charge < -0.3 is 15.0 Å². The van der Waals surface area contributed by atoms with E-state index in [4.69, 9.17) is 16.3 Å². The summed E-state index contributed by atoms with van der Waals surface area (Å²) in [5.74, 6) is -0.0821. The third-order valence-corrected chi connectivity index (χ3v) is 4.85. The fourth-order valence-electron chi connectivity index (χ4n) is 3.27. The summed E-state index contributed by atoms with van der Waals surface area (Å²) in [6.07, 6.45) is 3.30. The Morgan fingerprint density at radius 3 is 2.83 bits per heavy atom. The van der Waals surface area contributed by atoms with Gasteiger partial charge in [-0.15, -0.1) is 6.58 Å². The van der Waals surface area contributed by atoms with E-state index in [0.717, 1.165) is 56.9 Å². The van der Waals surface area contributed by atoms with Crippen LogP contribution < -0.4 is 10.2 Å². The van der Waals surface area contributed by atoms with Gasteiger partial charge in [0.1, 0.15) is 6.10 Å². The van der Waals surface area contributed by atoms with Gasteiger partial charge in [-0.25, -0.2) is 0 Å². The number of rotatable bonds is 5. The molecular weight excluding hydrogens is 326 g/mol. The number of benzene rings is 1. The van der Waals surface area contributed by atoms with Gasteiger partial charge in [0, 0.05) is 39.3 Å². The quantitative estimate of drug-likeness (QED) is 0.830. The molecule has 1 N–H and O–H groups in total. The minimum absolute atomic E-state index is 0.0821. The van der Waals surface area contributed by atoms with E-state index in [1.54, 1.807) is 0 Å². The lowest BCUT2D eigenvalue weighted by Gasteiger charge is -2.37. The van der Waals surface area contributed by atoms with Crippen molar-refractivity contribution in [2.24, 2.45) is 0 Å². The molecule has 0 aromatic heterocycles. The number of carbonyl (C=O) groups is 1. The molecule has 1 aromatic carbocycles. The van der Waals surface area contributed by atoms with Crippen LogP contribution in [-0.2, 0) is 9.53 Å². The molecule has 1 aromatic rings. The van der Waals surface area contributed by atoms with Gasteiger partial charge in [-0.05, 0) is 25.0 Å². The SMILES string of the molecule is C=CCN1CCN(c2c(Cl)cccc2NC(=O)C2CCCO2)CC1. The molecule has 6 heteroatoms. The standard InChI is InChI=1S/C18H24ClN3O2/c1-2-8-21-9-11-22(12-10-21)17-14(19)5-3-6-15(17)20-18(23)16-7-4-13-24-16/h2-3,5-6,16H,1,4,7-13H2,(H,20,23). The highest BCUT2D eigenvalue weighted by molar-refractivity contribution is 6.34. The van der Waals surface area contributed by atoms with Gasteiger partial charge in [-0.2, -0.15) is 0 Å². The lowest BCUT2D eigenvalue weighted by atomic mass is 10.2. The first kappa shape index (κ1) is 17.3. The molecule has 0 saturated carbocycles. The van der Waals surface area contributed by atoms with Gasteiger partial charge in [0.2, 0.25) is 0 Å². The summed E-state index contributed by atoms with van der Waals surface area (Å²) >= 11 is 6.45. The van der Waals surface area contributed by atoms with Crippen molar-refractivity contribution < 1.29 is 9.53 Å². The summed E-state index contributed by atoms with van der Waals surface area (Å²) in [6.45, 7) is 9.02. The number of piperazine rings is 1. The van der Waals surface area contributed by atoms with Gasteiger partial charge >= 0.3 is 0 Å². The molecule has 1 unspecified atom stereocenters. The van der Waals surface area contributed by atoms with Crippen molar-refractivity contribution in [3.63, 3.8) is 0 Å². The fourth-order valence-corrected chi connectivity index (χ4v) is 3.57. The smallest absolute Gasteiger partial charge is 0.253 e.